The minimum absolute atomic E-state index is 0.618. The second-order valence-corrected chi connectivity index (χ2v) is 5.50. The first-order valence-electron chi connectivity index (χ1n) is 5.40. The minimum atomic E-state index is 0.618. The summed E-state index contributed by atoms with van der Waals surface area (Å²) in [5, 5.41) is 11.9. The van der Waals surface area contributed by atoms with Gasteiger partial charge in [-0.2, -0.15) is 4.74 Å². The van der Waals surface area contributed by atoms with Crippen LogP contribution < -0.4 is 0 Å². The molecular weight excluding hydrogens is 310 g/mol. The van der Waals surface area contributed by atoms with Gasteiger partial charge in [-0.1, -0.05) is 15.9 Å². The van der Waals surface area contributed by atoms with Crippen LogP contribution in [0.1, 0.15) is 5.56 Å². The van der Waals surface area contributed by atoms with E-state index < -0.39 is 0 Å². The van der Waals surface area contributed by atoms with Crippen molar-refractivity contribution in [3.8, 4) is 0 Å². The van der Waals surface area contributed by atoms with Crippen LogP contribution >= 0.6 is 27.7 Å². The summed E-state index contributed by atoms with van der Waals surface area (Å²) in [4.78, 5) is 1.19. The van der Waals surface area contributed by atoms with Crippen molar-refractivity contribution < 1.29 is 4.74 Å². The largest absolute Gasteiger partial charge is 0.618 e. The van der Waals surface area contributed by atoms with Gasteiger partial charge < -0.3 is 5.21 Å². The van der Waals surface area contributed by atoms with E-state index >= 15 is 0 Å². The minimum Gasteiger partial charge on any atom is -0.618 e. The van der Waals surface area contributed by atoms with E-state index in [-0.39, 0.29) is 0 Å². The lowest BCUT2D eigenvalue weighted by atomic mass is 10.2. The number of hydrogen-bond donors (Lipinski definition) is 0. The van der Waals surface area contributed by atoms with Crippen LogP contribution in [0.15, 0.2) is 57.9 Å². The molecule has 18 heavy (non-hydrogen) atoms. The number of benzene rings is 2. The zero-order valence-electron chi connectivity index (χ0n) is 9.84. The van der Waals surface area contributed by atoms with E-state index in [1.165, 1.54) is 4.90 Å². The first kappa shape index (κ1) is 13.2. The predicted octanol–water partition coefficient (Wildman–Crippen LogP) is 4.43. The fourth-order valence-corrected chi connectivity index (χ4v) is 2.16. The molecule has 0 spiro atoms. The zero-order valence-corrected chi connectivity index (χ0v) is 12.2. The van der Waals surface area contributed by atoms with Gasteiger partial charge in [0, 0.05) is 27.1 Å². The Labute approximate surface area is 119 Å². The highest BCUT2D eigenvalue weighted by Gasteiger charge is 2.01. The molecule has 0 saturated heterocycles. The molecule has 2 nitrogen and oxygen atoms in total. The average Bonchev–Trinajstić information content (AvgIpc) is 2.40. The van der Waals surface area contributed by atoms with Crippen molar-refractivity contribution in [2.24, 2.45) is 0 Å². The molecule has 0 heterocycles. The van der Waals surface area contributed by atoms with Crippen molar-refractivity contribution in [3.63, 3.8) is 0 Å². The highest BCUT2D eigenvalue weighted by atomic mass is 79.9. The maximum atomic E-state index is 11.9. The molecule has 0 fully saturated rings. The topological polar surface area (TPSA) is 26.1 Å². The molecule has 0 N–H and O–H groups in total. The van der Waals surface area contributed by atoms with Gasteiger partial charge in [0.1, 0.15) is 0 Å². The monoisotopic (exact) mass is 321 g/mol. The molecule has 0 radical (unpaired) electrons. The molecule has 2 aromatic rings. The van der Waals surface area contributed by atoms with Gasteiger partial charge in [-0.25, -0.2) is 0 Å². The average molecular weight is 322 g/mol. The summed E-state index contributed by atoms with van der Waals surface area (Å²) in [5.41, 5.74) is 1.51. The molecule has 92 valence electrons. The van der Waals surface area contributed by atoms with Gasteiger partial charge in [-0.3, -0.25) is 0 Å². The quantitative estimate of drug-likeness (QED) is 0.275. The third kappa shape index (κ3) is 3.37. The summed E-state index contributed by atoms with van der Waals surface area (Å²) in [6.07, 6.45) is 3.60. The molecule has 0 aliphatic carbocycles. The maximum Gasteiger partial charge on any atom is 0.216 e. The first-order valence-corrected chi connectivity index (χ1v) is 7.41. The maximum absolute atomic E-state index is 11.9. The van der Waals surface area contributed by atoms with E-state index in [0.29, 0.717) is 5.69 Å². The molecule has 0 bridgehead atoms. The van der Waals surface area contributed by atoms with Crippen LogP contribution in [0.2, 0.25) is 0 Å². The molecule has 0 amide bonds. The lowest BCUT2D eigenvalue weighted by Crippen LogP contribution is -1.98. The molecule has 0 aliphatic heterocycles. The highest BCUT2D eigenvalue weighted by molar-refractivity contribution is 9.10. The molecule has 4 heteroatoms. The zero-order chi connectivity index (χ0) is 13.0. The Bertz CT molecular complexity index is 549. The predicted molar refractivity (Wildman–Crippen MR) is 80.8 cm³/mol. The van der Waals surface area contributed by atoms with Gasteiger partial charge in [0.05, 0.1) is 0 Å². The Balaban J connectivity index is 2.23. The van der Waals surface area contributed by atoms with Crippen LogP contribution in [0.3, 0.4) is 0 Å². The van der Waals surface area contributed by atoms with Gasteiger partial charge in [-0.05, 0) is 42.7 Å². The van der Waals surface area contributed by atoms with Crippen molar-refractivity contribution in [2.75, 3.05) is 6.26 Å². The second-order valence-electron chi connectivity index (χ2n) is 3.70. The third-order valence-corrected chi connectivity index (χ3v) is 3.74. The van der Waals surface area contributed by atoms with E-state index in [9.17, 15) is 5.21 Å². The molecule has 0 aliphatic rings. The summed E-state index contributed by atoms with van der Waals surface area (Å²) < 4.78 is 1.84. The van der Waals surface area contributed by atoms with Crippen molar-refractivity contribution in [1.29, 1.82) is 0 Å². The standard InChI is InChI=1S/C14H12BrNOS/c1-18-14-8-2-11(3-9-14)10-16(17)13-6-4-12(15)5-7-13/h2-10H,1H3/b16-10-. The van der Waals surface area contributed by atoms with Gasteiger partial charge in [-0.15, -0.1) is 11.8 Å². The van der Waals surface area contributed by atoms with Crippen LogP contribution in [-0.4, -0.2) is 17.2 Å². The third-order valence-electron chi connectivity index (χ3n) is 2.46. The fourth-order valence-electron chi connectivity index (χ4n) is 1.49. The number of hydrogen-bond acceptors (Lipinski definition) is 2. The molecular formula is C14H12BrNOS. The number of rotatable bonds is 3. The summed E-state index contributed by atoms with van der Waals surface area (Å²) in [6.45, 7) is 0. The fraction of sp³-hybridized carbons (Fsp3) is 0.0714. The summed E-state index contributed by atoms with van der Waals surface area (Å²) >= 11 is 5.03. The van der Waals surface area contributed by atoms with Gasteiger partial charge in [0.25, 0.3) is 0 Å². The highest BCUT2D eigenvalue weighted by Crippen LogP contribution is 2.17. The van der Waals surface area contributed by atoms with Crippen LogP contribution in [0.4, 0.5) is 5.69 Å². The molecule has 2 rings (SSSR count). The number of nitrogens with zero attached hydrogens (tertiary/aromatic N) is 1. The normalized spacial score (nSPS) is 11.6. The summed E-state index contributed by atoms with van der Waals surface area (Å²) in [5.74, 6) is 0. The van der Waals surface area contributed by atoms with E-state index in [4.69, 9.17) is 0 Å². The Kier molecular flexibility index (Phi) is 4.44. The van der Waals surface area contributed by atoms with Crippen molar-refractivity contribution in [2.45, 2.75) is 4.90 Å². The Morgan fingerprint density at radius 3 is 2.22 bits per heavy atom. The van der Waals surface area contributed by atoms with E-state index in [2.05, 4.69) is 15.9 Å². The lowest BCUT2D eigenvalue weighted by Gasteiger charge is -2.03. The van der Waals surface area contributed by atoms with E-state index in [1.54, 1.807) is 30.1 Å². The van der Waals surface area contributed by atoms with Crippen LogP contribution in [0, 0.1) is 5.21 Å². The second kappa shape index (κ2) is 6.07. The number of halogens is 1. The Morgan fingerprint density at radius 2 is 1.67 bits per heavy atom. The van der Waals surface area contributed by atoms with Crippen molar-refractivity contribution in [1.82, 2.24) is 0 Å². The van der Waals surface area contributed by atoms with E-state index in [1.807, 2.05) is 42.7 Å². The molecule has 0 unspecified atom stereocenters. The summed E-state index contributed by atoms with van der Waals surface area (Å²) in [7, 11) is 0. The van der Waals surface area contributed by atoms with E-state index in [0.717, 1.165) is 14.8 Å². The Hall–Kier alpha value is -1.26. The van der Waals surface area contributed by atoms with Gasteiger partial charge in [0.2, 0.25) is 5.69 Å². The first-order chi connectivity index (χ1) is 8.69. The summed E-state index contributed by atoms with van der Waals surface area (Å²) in [6, 6.07) is 15.2. The van der Waals surface area contributed by atoms with Gasteiger partial charge in [0.15, 0.2) is 6.21 Å². The van der Waals surface area contributed by atoms with Crippen LogP contribution in [0.5, 0.6) is 0 Å². The molecule has 0 aromatic heterocycles. The Morgan fingerprint density at radius 1 is 1.06 bits per heavy atom. The smallest absolute Gasteiger partial charge is 0.216 e. The lowest BCUT2D eigenvalue weighted by molar-refractivity contribution is -0.354. The van der Waals surface area contributed by atoms with Crippen LogP contribution in [0.25, 0.3) is 0 Å². The molecule has 0 saturated carbocycles. The van der Waals surface area contributed by atoms with Gasteiger partial charge >= 0.3 is 0 Å². The molecule has 0 atom stereocenters. The molecule has 2 aromatic carbocycles. The number of thioether (sulfide) groups is 1. The van der Waals surface area contributed by atoms with Crippen molar-refractivity contribution in [3.05, 3.63) is 63.8 Å². The van der Waals surface area contributed by atoms with Crippen molar-refractivity contribution >= 4 is 39.6 Å². The van der Waals surface area contributed by atoms with Crippen LogP contribution in [-0.2, 0) is 0 Å². The SMILES string of the molecule is CSc1ccc(/C=[N+](\[O-])c2ccc(Br)cc2)cc1.